The van der Waals surface area contributed by atoms with E-state index in [1.165, 1.54) is 47.8 Å². The van der Waals surface area contributed by atoms with Crippen molar-refractivity contribution in [3.05, 3.63) is 324 Å². The highest BCUT2D eigenvalue weighted by Gasteiger charge is 2.34. The van der Waals surface area contributed by atoms with Crippen molar-refractivity contribution < 1.29 is 62.3 Å². The smallest absolute Gasteiger partial charge is 0.338 e. The molecule has 2 aliphatic rings. The lowest BCUT2D eigenvalue weighted by Gasteiger charge is -2.34. The maximum Gasteiger partial charge on any atom is 0.416 e. The number of aromatic amines is 3. The van der Waals surface area contributed by atoms with Gasteiger partial charge >= 0.3 is 24.7 Å². The number of rotatable bonds is 17. The number of nitrogens with zero attached hydrogens (tertiary/aromatic N) is 8. The van der Waals surface area contributed by atoms with Crippen molar-refractivity contribution in [2.75, 3.05) is 69.5 Å². The molecule has 16 rings (SSSR count). The third kappa shape index (κ3) is 22.6. The number of hydrogen-bond donors (Lipinski definition) is 6. The molecule has 4 aromatic heterocycles. The van der Waals surface area contributed by atoms with E-state index in [1.807, 2.05) is 48.0 Å². The van der Waals surface area contributed by atoms with E-state index in [4.69, 9.17) is 0 Å². The Hall–Kier alpha value is -13.0. The maximum atomic E-state index is 13.0. The Kier molecular flexibility index (Phi) is 26.4. The van der Waals surface area contributed by atoms with Gasteiger partial charge in [-0.1, -0.05) is 153 Å². The van der Waals surface area contributed by atoms with Crippen molar-refractivity contribution >= 4 is 23.2 Å². The fourth-order valence-corrected chi connectivity index (χ4v) is 13.5. The van der Waals surface area contributed by atoms with Crippen LogP contribution >= 0.6 is 0 Å². The molecule has 0 spiro atoms. The first-order valence-corrected chi connectivity index (χ1v) is 38.0. The van der Waals surface area contributed by atoms with Crippen molar-refractivity contribution in [1.29, 1.82) is 0 Å². The minimum atomic E-state index is -4.41. The molecule has 16 nitrogen and oxygen atoms in total. The van der Waals surface area contributed by atoms with Crippen molar-refractivity contribution in [3.63, 3.8) is 0 Å². The fraction of sp³-hybridized carbons (Fsp3) is 0.187. The minimum absolute atomic E-state index is 0.239. The molecular formula is C91H80F12N14O2. The number of amides is 2. The van der Waals surface area contributed by atoms with Crippen LogP contribution in [0.2, 0.25) is 0 Å². The summed E-state index contributed by atoms with van der Waals surface area (Å²) in [6.07, 6.45) is -11.2. The summed E-state index contributed by atoms with van der Waals surface area (Å²) in [6.45, 7) is 13.4. The number of alkyl halides is 12. The Labute approximate surface area is 677 Å². The van der Waals surface area contributed by atoms with E-state index in [9.17, 15) is 62.3 Å². The monoisotopic (exact) mass is 1630 g/mol. The molecule has 10 aromatic carbocycles. The molecule has 610 valence electrons. The molecule has 28 heteroatoms. The van der Waals surface area contributed by atoms with Crippen LogP contribution in [0, 0.1) is 0 Å². The summed E-state index contributed by atoms with van der Waals surface area (Å²) in [5.41, 5.74) is 8.86. The minimum Gasteiger partial charge on any atom is -0.338 e. The van der Waals surface area contributed by atoms with Gasteiger partial charge in [0.25, 0.3) is 11.8 Å². The molecule has 2 amide bonds. The van der Waals surface area contributed by atoms with Gasteiger partial charge in [0.15, 0.2) is 0 Å². The van der Waals surface area contributed by atoms with Gasteiger partial charge in [0.05, 0.1) is 63.6 Å². The number of halogens is 12. The number of aryl methyl sites for hydroxylation is 1. The number of aromatic nitrogens is 8. The summed E-state index contributed by atoms with van der Waals surface area (Å²) < 4.78 is 158. The van der Waals surface area contributed by atoms with E-state index in [2.05, 4.69) is 96.7 Å². The lowest BCUT2D eigenvalue weighted by atomic mass is 10.1. The molecule has 2 fully saturated rings. The molecule has 2 saturated heterocycles. The molecule has 6 N–H and O–H groups in total. The lowest BCUT2D eigenvalue weighted by Crippen LogP contribution is -2.45. The van der Waals surface area contributed by atoms with Gasteiger partial charge < -0.3 is 40.4 Å². The lowest BCUT2D eigenvalue weighted by molar-refractivity contribution is -0.138. The average molecular weight is 1630 g/mol. The number of H-pyrrole nitrogens is 3. The number of likely N-dealkylation sites (N-methyl/N-ethyl adjacent to an activating group) is 1. The molecular weight excluding hydrogens is 1550 g/mol. The average Bonchev–Trinajstić information content (AvgIpc) is 1.57. The molecule has 0 saturated carbocycles. The predicted octanol–water partition coefficient (Wildman–Crippen LogP) is 21.1. The van der Waals surface area contributed by atoms with E-state index in [0.717, 1.165) is 137 Å². The highest BCUT2D eigenvalue weighted by Crippen LogP contribution is 2.38. The summed E-state index contributed by atoms with van der Waals surface area (Å²) in [5, 5.41) is 9.00. The summed E-state index contributed by atoms with van der Waals surface area (Å²) >= 11 is 0. The number of imidazole rings is 4. The van der Waals surface area contributed by atoms with Crippen LogP contribution in [-0.2, 0) is 44.8 Å². The first-order valence-electron chi connectivity index (χ1n) is 38.0. The van der Waals surface area contributed by atoms with E-state index < -0.39 is 47.0 Å². The van der Waals surface area contributed by atoms with Crippen LogP contribution < -0.4 is 16.0 Å². The fourth-order valence-electron chi connectivity index (χ4n) is 13.5. The van der Waals surface area contributed by atoms with Crippen LogP contribution in [0.25, 0.3) is 90.6 Å². The second kappa shape index (κ2) is 37.5. The number of carbonyl (C=O) groups excluding carboxylic acids is 2. The first-order chi connectivity index (χ1) is 57.1. The number of hydrogen-bond acceptors (Lipinski definition) is 10. The Morgan fingerprint density at radius 2 is 0.706 bits per heavy atom. The second-order valence-electron chi connectivity index (χ2n) is 28.3. The van der Waals surface area contributed by atoms with Gasteiger partial charge in [-0.15, -0.1) is 0 Å². The van der Waals surface area contributed by atoms with E-state index in [-0.39, 0.29) is 11.8 Å². The van der Waals surface area contributed by atoms with Crippen LogP contribution in [0.3, 0.4) is 0 Å². The van der Waals surface area contributed by atoms with Gasteiger partial charge in [0.1, 0.15) is 23.3 Å². The number of benzene rings is 10. The maximum absolute atomic E-state index is 13.0. The third-order valence-electron chi connectivity index (χ3n) is 19.8. The van der Waals surface area contributed by atoms with Crippen LogP contribution in [0.4, 0.5) is 64.1 Å². The van der Waals surface area contributed by atoms with E-state index in [0.29, 0.717) is 96.1 Å². The molecule has 119 heavy (non-hydrogen) atoms. The van der Waals surface area contributed by atoms with Gasteiger partial charge in [0.2, 0.25) is 0 Å². The summed E-state index contributed by atoms with van der Waals surface area (Å²) in [4.78, 5) is 58.8. The molecule has 0 bridgehead atoms. The third-order valence-corrected chi connectivity index (χ3v) is 19.8. The van der Waals surface area contributed by atoms with E-state index >= 15 is 0 Å². The number of nitrogens with one attached hydrogen (secondary N) is 6. The van der Waals surface area contributed by atoms with E-state index in [1.54, 1.807) is 134 Å². The van der Waals surface area contributed by atoms with Crippen molar-refractivity contribution in [2.24, 2.45) is 7.05 Å². The number of piperazine rings is 2. The first kappa shape index (κ1) is 83.9. The molecule has 0 atom stereocenters. The van der Waals surface area contributed by atoms with Crippen LogP contribution in [0.15, 0.2) is 280 Å². The molecule has 0 radical (unpaired) electrons. The topological polar surface area (TPSA) is 184 Å². The van der Waals surface area contributed by atoms with Crippen LogP contribution in [0.5, 0.6) is 0 Å². The summed E-state index contributed by atoms with van der Waals surface area (Å²) in [5.74, 6) is 1.88. The highest BCUT2D eigenvalue weighted by molar-refractivity contribution is 6.05. The molecule has 14 aromatic rings. The van der Waals surface area contributed by atoms with Crippen molar-refractivity contribution in [3.8, 4) is 90.6 Å². The zero-order chi connectivity index (χ0) is 83.9. The number of carbonyl (C=O) groups is 2. The summed E-state index contributed by atoms with van der Waals surface area (Å²) in [6, 6.07) is 68.8. The Morgan fingerprint density at radius 3 is 1.11 bits per heavy atom. The summed E-state index contributed by atoms with van der Waals surface area (Å²) in [7, 11) is 1.86. The molecule has 0 aliphatic carbocycles. The second-order valence-corrected chi connectivity index (χ2v) is 28.3. The highest BCUT2D eigenvalue weighted by atomic mass is 19.4. The van der Waals surface area contributed by atoms with Crippen molar-refractivity contribution in [1.82, 2.24) is 59.5 Å². The predicted molar refractivity (Wildman–Crippen MR) is 437 cm³/mol. The normalized spacial score (nSPS) is 13.6. The van der Waals surface area contributed by atoms with Crippen LogP contribution in [-0.4, -0.2) is 125 Å². The van der Waals surface area contributed by atoms with Gasteiger partial charge in [-0.25, -0.2) is 19.9 Å². The van der Waals surface area contributed by atoms with Gasteiger partial charge in [-0.05, 0) is 127 Å². The number of anilines is 2. The van der Waals surface area contributed by atoms with Crippen LogP contribution in [0.1, 0.15) is 61.0 Å². The van der Waals surface area contributed by atoms with Crippen molar-refractivity contribution in [2.45, 2.75) is 44.7 Å². The van der Waals surface area contributed by atoms with Gasteiger partial charge in [-0.3, -0.25) is 19.4 Å². The zero-order valence-corrected chi connectivity index (χ0v) is 64.3. The Balaban J connectivity index is 0.000000137. The standard InChI is InChI=1S/C23H25F3N4.2C23H16F3N3O.C22H23F3N4/c1-2-29-9-11-30(12-10-29)16-17-5-3-7-19(13-17)22-27-15-21(28-22)18-6-4-8-20(14-18)23(24,25)26;2*24-23(25,26)18-10-4-8-16(12-18)20-14-27-21(29-20)17-9-5-11-19(13-17)28-22(30)15-6-2-1-3-7-15;1-28-15-20(17-5-3-7-19(13-17)22(23,24)25)27-21(28)18-6-2-4-16(12-18)14-29-10-8-26-9-11-29/h3-8,13-15H,2,9-12,16H2,1H3,(H,27,28);2*1-14H,(H,27,29)(H,28,30);2-7,12-13,15,26H,8-11,14H2,1H3. The zero-order valence-electron chi connectivity index (χ0n) is 64.3. The Bertz CT molecular complexity index is 5550. The van der Waals surface area contributed by atoms with Gasteiger partial charge in [-0.2, -0.15) is 52.7 Å². The molecule has 0 unspecified atom stereocenters. The van der Waals surface area contributed by atoms with Gasteiger partial charge in [0, 0.05) is 146 Å². The largest absolute Gasteiger partial charge is 0.416 e. The Morgan fingerprint density at radius 1 is 0.370 bits per heavy atom. The SMILES string of the molecule is CCN1CCN(Cc2cccc(-c3ncc(-c4cccc(C(F)(F)F)c4)[nH]3)c2)CC1.Cn1cc(-c2cccc(C(F)(F)F)c2)nc1-c1cccc(CN2CCNCC2)c1.O=C(Nc1cccc(-c2ncc(-c3cccc(C(F)(F)F)c3)[nH]2)c1)c1ccccc1.O=C(Nc1cccc(-c2ncc(-c3cccc(C(F)(F)F)c3)[nH]2)c1)c1ccccc1. The molecule has 6 heterocycles. The quantitative estimate of drug-likeness (QED) is 0.0480. The molecule has 2 aliphatic heterocycles.